The summed E-state index contributed by atoms with van der Waals surface area (Å²) in [6, 6.07) is 8.01. The molecule has 0 saturated heterocycles. The molecule has 0 bridgehead atoms. The van der Waals surface area contributed by atoms with Gasteiger partial charge in [-0.2, -0.15) is 0 Å². The molecule has 0 amide bonds. The largest absolute Gasteiger partial charge is 0.485 e. The van der Waals surface area contributed by atoms with E-state index in [1.165, 1.54) is 35.3 Å². The van der Waals surface area contributed by atoms with Gasteiger partial charge in [0.15, 0.2) is 6.61 Å². The van der Waals surface area contributed by atoms with Gasteiger partial charge in [0.2, 0.25) is 5.78 Å². The van der Waals surface area contributed by atoms with Gasteiger partial charge in [-0.3, -0.25) is 4.79 Å². The van der Waals surface area contributed by atoms with Crippen LogP contribution in [0.25, 0.3) is 0 Å². The van der Waals surface area contributed by atoms with Crippen LogP contribution in [0, 0.1) is 0 Å². The number of benzene rings is 1. The Bertz CT molecular complexity index is 679. The first-order chi connectivity index (χ1) is 10.1. The number of hydrogen-bond donors (Lipinski definition) is 0. The summed E-state index contributed by atoms with van der Waals surface area (Å²) < 4.78 is 7.45. The molecule has 1 heterocycles. The lowest BCUT2D eigenvalue weighted by Gasteiger charge is -2.16. The Morgan fingerprint density at radius 2 is 1.90 bits per heavy atom. The molecule has 1 aromatic heterocycles. The lowest BCUT2D eigenvalue weighted by molar-refractivity contribution is 0.0921. The van der Waals surface area contributed by atoms with Crippen molar-refractivity contribution in [1.82, 2.24) is 0 Å². The number of halogens is 2. The van der Waals surface area contributed by atoms with E-state index in [1.807, 2.05) is 12.1 Å². The maximum Gasteiger partial charge on any atom is 0.202 e. The molecule has 0 N–H and O–H groups in total. The number of carbonyl (C=O) groups excluding carboxylic acids is 1. The quantitative estimate of drug-likeness (QED) is 0.607. The van der Waals surface area contributed by atoms with Crippen LogP contribution in [0.15, 0.2) is 31.8 Å². The van der Waals surface area contributed by atoms with E-state index in [-0.39, 0.29) is 12.4 Å². The predicted octanol–water partition coefficient (Wildman–Crippen LogP) is 5.41. The Balaban J connectivity index is 1.67. The molecule has 2 nitrogen and oxygen atoms in total. The maximum absolute atomic E-state index is 12.2. The van der Waals surface area contributed by atoms with Gasteiger partial charge in [-0.1, -0.05) is 6.07 Å². The number of ether oxygens (including phenoxy) is 1. The molecule has 21 heavy (non-hydrogen) atoms. The van der Waals surface area contributed by atoms with Crippen molar-refractivity contribution < 1.29 is 9.53 Å². The Morgan fingerprint density at radius 3 is 2.62 bits per heavy atom. The first kappa shape index (κ1) is 15.3. The Morgan fingerprint density at radius 1 is 1.14 bits per heavy atom. The number of rotatable bonds is 4. The maximum atomic E-state index is 12.2. The summed E-state index contributed by atoms with van der Waals surface area (Å²) in [7, 11) is 0. The fourth-order valence-electron chi connectivity index (χ4n) is 2.56. The molecule has 2 aromatic rings. The molecule has 0 unspecified atom stereocenters. The number of carbonyl (C=O) groups is 1. The van der Waals surface area contributed by atoms with E-state index >= 15 is 0 Å². The van der Waals surface area contributed by atoms with E-state index in [9.17, 15) is 4.79 Å². The highest BCUT2D eigenvalue weighted by atomic mass is 79.9. The van der Waals surface area contributed by atoms with Gasteiger partial charge < -0.3 is 4.74 Å². The van der Waals surface area contributed by atoms with Crippen LogP contribution in [0.2, 0.25) is 0 Å². The summed E-state index contributed by atoms with van der Waals surface area (Å²) in [6.07, 6.45) is 4.78. The second kappa shape index (κ2) is 6.63. The number of thiophene rings is 1. The van der Waals surface area contributed by atoms with Crippen molar-refractivity contribution >= 4 is 49.0 Å². The van der Waals surface area contributed by atoms with Crippen LogP contribution >= 0.6 is 43.2 Å². The van der Waals surface area contributed by atoms with Crippen LogP contribution in [0.1, 0.15) is 34.3 Å². The molecule has 1 aromatic carbocycles. The predicted molar refractivity (Wildman–Crippen MR) is 92.6 cm³/mol. The number of fused-ring (bicyclic) bond motifs is 1. The average molecular weight is 430 g/mol. The van der Waals surface area contributed by atoms with Gasteiger partial charge in [0.1, 0.15) is 5.75 Å². The van der Waals surface area contributed by atoms with Crippen LogP contribution in [0.4, 0.5) is 0 Å². The standard InChI is InChI=1S/C16H14Br2O2S/c17-15-8-13(16(18)21-15)14(19)9-20-12-6-5-10-3-1-2-4-11(10)7-12/h5-8H,1-4,9H2. The summed E-state index contributed by atoms with van der Waals surface area (Å²) in [5.74, 6) is 0.774. The number of ketones is 1. The third-order valence-electron chi connectivity index (χ3n) is 3.65. The van der Waals surface area contributed by atoms with Crippen molar-refractivity contribution in [3.8, 4) is 5.75 Å². The lowest BCUT2D eigenvalue weighted by Crippen LogP contribution is -2.12. The zero-order valence-electron chi connectivity index (χ0n) is 11.3. The minimum atomic E-state index is -0.0125. The van der Waals surface area contributed by atoms with E-state index in [1.54, 1.807) is 0 Å². The third kappa shape index (κ3) is 3.58. The van der Waals surface area contributed by atoms with Crippen molar-refractivity contribution in [2.24, 2.45) is 0 Å². The van der Waals surface area contributed by atoms with Crippen molar-refractivity contribution in [1.29, 1.82) is 0 Å². The Hall–Kier alpha value is -0.650. The van der Waals surface area contributed by atoms with E-state index < -0.39 is 0 Å². The molecule has 0 aliphatic heterocycles. The third-order valence-corrected chi connectivity index (χ3v) is 5.99. The van der Waals surface area contributed by atoms with Gasteiger partial charge in [0.25, 0.3) is 0 Å². The molecule has 1 aliphatic rings. The van der Waals surface area contributed by atoms with Crippen molar-refractivity contribution in [2.45, 2.75) is 25.7 Å². The van der Waals surface area contributed by atoms with Gasteiger partial charge in [0, 0.05) is 5.56 Å². The molecular weight excluding hydrogens is 416 g/mol. The molecule has 1 aliphatic carbocycles. The van der Waals surface area contributed by atoms with Crippen LogP contribution in [0.3, 0.4) is 0 Å². The molecular formula is C16H14Br2O2S. The minimum absolute atomic E-state index is 0.0125. The summed E-state index contributed by atoms with van der Waals surface area (Å²) >= 11 is 8.28. The van der Waals surface area contributed by atoms with E-state index in [2.05, 4.69) is 44.0 Å². The summed E-state index contributed by atoms with van der Waals surface area (Å²) in [4.78, 5) is 12.2. The molecule has 5 heteroatoms. The Labute approximate surface area is 144 Å². The first-order valence-electron chi connectivity index (χ1n) is 6.86. The highest BCUT2D eigenvalue weighted by Crippen LogP contribution is 2.32. The van der Waals surface area contributed by atoms with Gasteiger partial charge in [-0.25, -0.2) is 0 Å². The smallest absolute Gasteiger partial charge is 0.202 e. The highest BCUT2D eigenvalue weighted by molar-refractivity contribution is 9.12. The lowest BCUT2D eigenvalue weighted by atomic mass is 9.92. The molecule has 0 radical (unpaired) electrons. The summed E-state index contributed by atoms with van der Waals surface area (Å²) in [5, 5.41) is 0. The van der Waals surface area contributed by atoms with Crippen LogP contribution in [0.5, 0.6) is 5.75 Å². The van der Waals surface area contributed by atoms with Crippen molar-refractivity contribution in [2.75, 3.05) is 6.61 Å². The van der Waals surface area contributed by atoms with Crippen LogP contribution < -0.4 is 4.74 Å². The van der Waals surface area contributed by atoms with Gasteiger partial charge in [-0.15, -0.1) is 11.3 Å². The molecule has 0 atom stereocenters. The first-order valence-corrected chi connectivity index (χ1v) is 9.26. The number of Topliss-reactive ketones (excluding diaryl/α,β-unsaturated/α-hetero) is 1. The van der Waals surface area contributed by atoms with E-state index in [0.29, 0.717) is 5.56 Å². The Kier molecular flexibility index (Phi) is 4.82. The number of aryl methyl sites for hydroxylation is 2. The zero-order valence-corrected chi connectivity index (χ0v) is 15.3. The molecule has 0 saturated carbocycles. The van der Waals surface area contributed by atoms with Gasteiger partial charge in [-0.05, 0) is 86.9 Å². The minimum Gasteiger partial charge on any atom is -0.485 e. The normalized spacial score (nSPS) is 13.8. The van der Waals surface area contributed by atoms with Crippen LogP contribution in [-0.2, 0) is 12.8 Å². The fraction of sp³-hybridized carbons (Fsp3) is 0.312. The summed E-state index contributed by atoms with van der Waals surface area (Å²) in [5.41, 5.74) is 3.46. The molecule has 0 spiro atoms. The van der Waals surface area contributed by atoms with Crippen molar-refractivity contribution in [3.63, 3.8) is 0 Å². The van der Waals surface area contributed by atoms with Crippen molar-refractivity contribution in [3.05, 3.63) is 48.5 Å². The van der Waals surface area contributed by atoms with Gasteiger partial charge >= 0.3 is 0 Å². The fourth-order valence-corrected chi connectivity index (χ4v) is 5.41. The monoisotopic (exact) mass is 428 g/mol. The average Bonchev–Trinajstić information content (AvgIpc) is 2.83. The van der Waals surface area contributed by atoms with E-state index in [0.717, 1.165) is 26.2 Å². The topological polar surface area (TPSA) is 26.3 Å². The van der Waals surface area contributed by atoms with Crippen LogP contribution in [-0.4, -0.2) is 12.4 Å². The molecule has 110 valence electrons. The molecule has 3 rings (SSSR count). The SMILES string of the molecule is O=C(COc1ccc2c(c1)CCCC2)c1cc(Br)sc1Br. The second-order valence-electron chi connectivity index (χ2n) is 5.09. The zero-order chi connectivity index (χ0) is 14.8. The highest BCUT2D eigenvalue weighted by Gasteiger charge is 2.15. The summed E-state index contributed by atoms with van der Waals surface area (Å²) in [6.45, 7) is 0.0700. The van der Waals surface area contributed by atoms with E-state index in [4.69, 9.17) is 4.74 Å². The van der Waals surface area contributed by atoms with Gasteiger partial charge in [0.05, 0.1) is 7.57 Å². The number of hydrogen-bond acceptors (Lipinski definition) is 3. The second-order valence-corrected chi connectivity index (χ2v) is 8.84. The molecule has 0 fully saturated rings.